The number of nitrogens with zero attached hydrogens (tertiary/aromatic N) is 1. The van der Waals surface area contributed by atoms with Crippen molar-refractivity contribution >= 4 is 5.97 Å². The van der Waals surface area contributed by atoms with Crippen LogP contribution in [-0.4, -0.2) is 22.5 Å². The molecule has 0 bridgehead atoms. The third-order valence-electron chi connectivity index (χ3n) is 2.94. The number of rotatable bonds is 5. The normalized spacial score (nSPS) is 14.4. The van der Waals surface area contributed by atoms with E-state index in [1.807, 2.05) is 30.5 Å². The Balaban J connectivity index is 1.83. The highest BCUT2D eigenvalue weighted by Gasteiger charge is 2.06. The number of allylic oxidation sites excluding steroid dienone is 2. The molecule has 0 amide bonds. The largest absolute Gasteiger partial charge is 0.481 e. The topological polar surface area (TPSA) is 40.5 Å². The number of hydrogen-bond donors (Lipinski definition) is 1. The van der Waals surface area contributed by atoms with Crippen LogP contribution < -0.4 is 0 Å². The number of hydrogen-bond acceptors (Lipinski definition) is 2. The van der Waals surface area contributed by atoms with Crippen LogP contribution >= 0.6 is 0 Å². The van der Waals surface area contributed by atoms with Gasteiger partial charge in [-0.25, -0.2) is 0 Å². The van der Waals surface area contributed by atoms with E-state index in [1.165, 1.54) is 5.56 Å². The molecule has 0 saturated heterocycles. The zero-order valence-corrected chi connectivity index (χ0v) is 10.2. The van der Waals surface area contributed by atoms with Gasteiger partial charge in [-0.1, -0.05) is 36.4 Å². The summed E-state index contributed by atoms with van der Waals surface area (Å²) in [6.07, 6.45) is 6.98. The predicted molar refractivity (Wildman–Crippen MR) is 70.9 cm³/mol. The average Bonchev–Trinajstić information content (AvgIpc) is 2.39. The quantitative estimate of drug-likeness (QED) is 0.864. The van der Waals surface area contributed by atoms with E-state index < -0.39 is 5.97 Å². The van der Waals surface area contributed by atoms with Gasteiger partial charge in [0.1, 0.15) is 0 Å². The van der Waals surface area contributed by atoms with Crippen molar-refractivity contribution in [2.45, 2.75) is 19.4 Å². The van der Waals surface area contributed by atoms with Gasteiger partial charge in [0.25, 0.3) is 0 Å². The molecule has 0 radical (unpaired) electrons. The summed E-state index contributed by atoms with van der Waals surface area (Å²) in [6, 6.07) is 10.3. The zero-order chi connectivity index (χ0) is 12.8. The lowest BCUT2D eigenvalue weighted by molar-refractivity contribution is -0.136. The Morgan fingerprint density at radius 1 is 1.28 bits per heavy atom. The van der Waals surface area contributed by atoms with Crippen molar-refractivity contribution in [1.82, 2.24) is 4.90 Å². The van der Waals surface area contributed by atoms with Gasteiger partial charge in [-0.2, -0.15) is 0 Å². The highest BCUT2D eigenvalue weighted by atomic mass is 16.4. The van der Waals surface area contributed by atoms with Crippen molar-refractivity contribution in [2.24, 2.45) is 0 Å². The fourth-order valence-electron chi connectivity index (χ4n) is 1.94. The highest BCUT2D eigenvalue weighted by molar-refractivity contribution is 5.67. The molecular weight excluding hydrogens is 226 g/mol. The fourth-order valence-corrected chi connectivity index (χ4v) is 1.94. The smallest absolute Gasteiger partial charge is 0.303 e. The maximum atomic E-state index is 10.5. The first-order chi connectivity index (χ1) is 8.74. The van der Waals surface area contributed by atoms with Gasteiger partial charge in [0.15, 0.2) is 0 Å². The van der Waals surface area contributed by atoms with Crippen molar-refractivity contribution in [3.05, 3.63) is 59.8 Å². The molecule has 1 aliphatic heterocycles. The van der Waals surface area contributed by atoms with E-state index in [4.69, 9.17) is 5.11 Å². The molecule has 1 heterocycles. The van der Waals surface area contributed by atoms with E-state index in [-0.39, 0.29) is 6.42 Å². The van der Waals surface area contributed by atoms with Crippen LogP contribution in [0.15, 0.2) is 54.3 Å². The van der Waals surface area contributed by atoms with Gasteiger partial charge in [-0.3, -0.25) is 4.79 Å². The zero-order valence-electron chi connectivity index (χ0n) is 10.2. The summed E-state index contributed by atoms with van der Waals surface area (Å²) in [5, 5.41) is 8.63. The van der Waals surface area contributed by atoms with Crippen molar-refractivity contribution in [2.75, 3.05) is 6.54 Å². The number of carboxylic acid groups (broad SMARTS) is 1. The van der Waals surface area contributed by atoms with Crippen LogP contribution in [0, 0.1) is 0 Å². The maximum absolute atomic E-state index is 10.5. The van der Waals surface area contributed by atoms with Crippen LogP contribution in [0.5, 0.6) is 0 Å². The number of benzene rings is 1. The second kappa shape index (κ2) is 6.05. The molecule has 0 aliphatic carbocycles. The standard InChI is InChI=1S/C15H17NO2/c17-15(18)7-6-13-8-10-16(11-9-13)12-14-4-2-1-3-5-14/h1-5,8-10H,6-7,11-12H2,(H,17,18). The second-order valence-corrected chi connectivity index (χ2v) is 4.40. The van der Waals surface area contributed by atoms with Crippen LogP contribution in [0.4, 0.5) is 0 Å². The molecule has 0 fully saturated rings. The van der Waals surface area contributed by atoms with E-state index in [9.17, 15) is 4.79 Å². The summed E-state index contributed by atoms with van der Waals surface area (Å²) in [5.74, 6) is -0.740. The molecule has 1 aromatic rings. The summed E-state index contributed by atoms with van der Waals surface area (Å²) >= 11 is 0. The summed E-state index contributed by atoms with van der Waals surface area (Å²) in [4.78, 5) is 12.7. The Bertz CT molecular complexity index is 463. The van der Waals surface area contributed by atoms with E-state index in [0.717, 1.165) is 18.7 Å². The van der Waals surface area contributed by atoms with E-state index in [0.29, 0.717) is 6.42 Å². The Morgan fingerprint density at radius 3 is 2.67 bits per heavy atom. The van der Waals surface area contributed by atoms with E-state index in [1.54, 1.807) is 0 Å². The second-order valence-electron chi connectivity index (χ2n) is 4.40. The summed E-state index contributed by atoms with van der Waals surface area (Å²) in [6.45, 7) is 1.74. The van der Waals surface area contributed by atoms with Gasteiger partial charge in [0.05, 0.1) is 0 Å². The molecule has 2 rings (SSSR count). The minimum atomic E-state index is -0.740. The van der Waals surface area contributed by atoms with Crippen molar-refractivity contribution in [3.63, 3.8) is 0 Å². The van der Waals surface area contributed by atoms with Gasteiger partial charge < -0.3 is 10.0 Å². The molecule has 3 nitrogen and oxygen atoms in total. The molecule has 94 valence electrons. The van der Waals surface area contributed by atoms with Crippen LogP contribution in [0.3, 0.4) is 0 Å². The SMILES string of the molecule is O=C(O)CCC1=CCN(Cc2ccccc2)C=C1. The minimum Gasteiger partial charge on any atom is -0.481 e. The highest BCUT2D eigenvalue weighted by Crippen LogP contribution is 2.14. The van der Waals surface area contributed by atoms with Crippen LogP contribution in [0.1, 0.15) is 18.4 Å². The van der Waals surface area contributed by atoms with E-state index >= 15 is 0 Å². The molecule has 18 heavy (non-hydrogen) atoms. The molecule has 0 aromatic heterocycles. The molecule has 0 saturated carbocycles. The third-order valence-corrected chi connectivity index (χ3v) is 2.94. The fraction of sp³-hybridized carbons (Fsp3) is 0.267. The summed E-state index contributed by atoms with van der Waals surface area (Å²) < 4.78 is 0. The molecule has 0 spiro atoms. The van der Waals surface area contributed by atoms with Gasteiger partial charge in [-0.15, -0.1) is 0 Å². The van der Waals surface area contributed by atoms with Gasteiger partial charge in [0.2, 0.25) is 0 Å². The molecular formula is C15H17NO2. The first-order valence-corrected chi connectivity index (χ1v) is 6.11. The Morgan fingerprint density at radius 2 is 2.06 bits per heavy atom. The average molecular weight is 243 g/mol. The monoisotopic (exact) mass is 243 g/mol. The lowest BCUT2D eigenvalue weighted by Crippen LogP contribution is -2.19. The molecule has 0 atom stereocenters. The molecule has 3 heteroatoms. The maximum Gasteiger partial charge on any atom is 0.303 e. The van der Waals surface area contributed by atoms with Gasteiger partial charge in [0, 0.05) is 19.5 Å². The Kier molecular flexibility index (Phi) is 4.18. The number of aliphatic carboxylic acids is 1. The lowest BCUT2D eigenvalue weighted by Gasteiger charge is -2.22. The summed E-state index contributed by atoms with van der Waals surface area (Å²) in [5.41, 5.74) is 2.39. The Hall–Kier alpha value is -2.03. The van der Waals surface area contributed by atoms with Crippen LogP contribution in [0.25, 0.3) is 0 Å². The molecule has 1 N–H and O–H groups in total. The van der Waals surface area contributed by atoms with Crippen LogP contribution in [0.2, 0.25) is 0 Å². The van der Waals surface area contributed by atoms with Crippen molar-refractivity contribution < 1.29 is 9.90 Å². The van der Waals surface area contributed by atoms with Crippen LogP contribution in [-0.2, 0) is 11.3 Å². The lowest BCUT2D eigenvalue weighted by atomic mass is 10.1. The number of carbonyl (C=O) groups is 1. The third kappa shape index (κ3) is 3.77. The summed E-state index contributed by atoms with van der Waals surface area (Å²) in [7, 11) is 0. The Labute approximate surface area is 107 Å². The van der Waals surface area contributed by atoms with E-state index in [2.05, 4.69) is 23.1 Å². The number of carboxylic acids is 1. The first kappa shape index (κ1) is 12.4. The van der Waals surface area contributed by atoms with Crippen molar-refractivity contribution in [3.8, 4) is 0 Å². The molecule has 1 aromatic carbocycles. The minimum absolute atomic E-state index is 0.203. The first-order valence-electron chi connectivity index (χ1n) is 6.11. The predicted octanol–water partition coefficient (Wildman–Crippen LogP) is 2.81. The van der Waals surface area contributed by atoms with Crippen molar-refractivity contribution in [1.29, 1.82) is 0 Å². The molecule has 1 aliphatic rings. The molecule has 0 unspecified atom stereocenters. The van der Waals surface area contributed by atoms with Gasteiger partial charge in [-0.05, 0) is 29.8 Å². The van der Waals surface area contributed by atoms with Gasteiger partial charge >= 0.3 is 5.97 Å².